The number of thioether (sulfide) groups is 1. The second-order valence-corrected chi connectivity index (χ2v) is 16.2. The number of terminal acetylenes is 1. The van der Waals surface area contributed by atoms with E-state index < -0.39 is 78.6 Å². The number of carbonyl (C=O) groups is 2. The zero-order valence-corrected chi connectivity index (χ0v) is 29.7. The fourth-order valence-corrected chi connectivity index (χ4v) is 7.39. The highest BCUT2D eigenvalue weighted by Crippen LogP contribution is 2.61. The van der Waals surface area contributed by atoms with Crippen LogP contribution in [0.2, 0.25) is 0 Å². The molecule has 2 aromatic rings. The molecule has 0 bridgehead atoms. The van der Waals surface area contributed by atoms with Crippen LogP contribution in [-0.4, -0.2) is 118 Å². The van der Waals surface area contributed by atoms with E-state index in [1.54, 1.807) is 0 Å². The lowest BCUT2D eigenvalue weighted by Gasteiger charge is -2.30. The van der Waals surface area contributed by atoms with Crippen molar-refractivity contribution in [1.29, 1.82) is 0 Å². The topological polar surface area (TPSA) is 347 Å². The Morgan fingerprint density at radius 1 is 1.14 bits per heavy atom. The molecule has 0 aromatic carbocycles. The van der Waals surface area contributed by atoms with Crippen molar-refractivity contribution in [3.63, 3.8) is 0 Å². The number of hydrogen-bond acceptors (Lipinski definition) is 17. The van der Waals surface area contributed by atoms with Crippen molar-refractivity contribution in [2.75, 3.05) is 37.8 Å². The van der Waals surface area contributed by atoms with Crippen LogP contribution in [0.25, 0.3) is 11.2 Å². The summed E-state index contributed by atoms with van der Waals surface area (Å²) in [7, 11) is -16.3. The normalized spacial score (nSPS) is 22.7. The molecule has 1 saturated heterocycles. The largest absolute Gasteiger partial charge is 0.481 e. The molecule has 2 unspecified atom stereocenters. The highest BCUT2D eigenvalue weighted by atomic mass is 32.2. The number of nitrogens with one attached hydrogen (secondary N) is 2. The van der Waals surface area contributed by atoms with Gasteiger partial charge in [-0.15, -0.1) is 6.42 Å². The molecule has 0 radical (unpaired) electrons. The summed E-state index contributed by atoms with van der Waals surface area (Å²) in [5.74, 6) is -0.891. The fourth-order valence-electron chi connectivity index (χ4n) is 4.24. The second kappa shape index (κ2) is 17.3. The van der Waals surface area contributed by atoms with E-state index in [0.717, 1.165) is 17.2 Å². The Labute approximate surface area is 288 Å². The number of phosphoric ester groups is 3. The summed E-state index contributed by atoms with van der Waals surface area (Å²) in [6, 6.07) is 0. The molecule has 27 heteroatoms. The molecule has 7 atom stereocenters. The highest BCUT2D eigenvalue weighted by molar-refractivity contribution is 8.03. The van der Waals surface area contributed by atoms with Crippen molar-refractivity contribution in [2.24, 2.45) is 5.41 Å². The smallest absolute Gasteiger partial charge is 0.386 e. The number of hydrogen-bond donors (Lipinski definition) is 9. The minimum atomic E-state index is -5.55. The van der Waals surface area contributed by atoms with Crippen LogP contribution in [-0.2, 0) is 45.9 Å². The van der Waals surface area contributed by atoms with Gasteiger partial charge in [0.1, 0.15) is 36.3 Å². The summed E-state index contributed by atoms with van der Waals surface area (Å²) in [4.78, 5) is 74.9. The Bertz CT molecular complexity index is 1700. The molecule has 3 heterocycles. The van der Waals surface area contributed by atoms with Crippen LogP contribution in [0.3, 0.4) is 0 Å². The number of ether oxygens (including phenoxy) is 1. The van der Waals surface area contributed by atoms with Crippen molar-refractivity contribution in [2.45, 2.75) is 50.9 Å². The van der Waals surface area contributed by atoms with Gasteiger partial charge in [-0.05, 0) is 5.25 Å². The van der Waals surface area contributed by atoms with Gasteiger partial charge in [-0.2, -0.15) is 4.31 Å². The molecule has 1 aliphatic rings. The van der Waals surface area contributed by atoms with Gasteiger partial charge >= 0.3 is 23.5 Å². The number of aromatic nitrogens is 4. The monoisotopic (exact) mass is 791 g/mol. The van der Waals surface area contributed by atoms with Crippen molar-refractivity contribution in [1.82, 2.24) is 30.2 Å². The molecule has 3 rings (SSSR count). The van der Waals surface area contributed by atoms with Crippen LogP contribution in [0.15, 0.2) is 12.7 Å². The van der Waals surface area contributed by atoms with E-state index in [4.69, 9.17) is 25.9 Å². The van der Waals surface area contributed by atoms with E-state index in [9.17, 15) is 53.1 Å². The van der Waals surface area contributed by atoms with Gasteiger partial charge in [-0.1, -0.05) is 25.6 Å². The number of fused-ring (bicyclic) bond motifs is 1. The first-order chi connectivity index (χ1) is 23.2. The van der Waals surface area contributed by atoms with Gasteiger partial charge in [0.2, 0.25) is 11.8 Å². The number of phosphoric acid groups is 3. The van der Waals surface area contributed by atoms with E-state index >= 15 is 0 Å². The van der Waals surface area contributed by atoms with Gasteiger partial charge in [-0.3, -0.25) is 27.7 Å². The molecule has 10 N–H and O–H groups in total. The molecule has 2 amide bonds. The van der Waals surface area contributed by atoms with Crippen LogP contribution < -0.4 is 16.4 Å². The molecular formula is C23H36N7O16P3S. The molecule has 0 spiro atoms. The van der Waals surface area contributed by atoms with Crippen molar-refractivity contribution >= 4 is 64.0 Å². The number of amides is 2. The third kappa shape index (κ3) is 12.0. The van der Waals surface area contributed by atoms with E-state index in [1.807, 2.05) is 0 Å². The number of anilines is 1. The second-order valence-electron chi connectivity index (χ2n) is 11.0. The third-order valence-electron chi connectivity index (χ3n) is 6.69. The predicted molar refractivity (Wildman–Crippen MR) is 171 cm³/mol. The molecule has 1 fully saturated rings. The summed E-state index contributed by atoms with van der Waals surface area (Å²) < 4.78 is 61.8. The number of nitrogen functional groups attached to an aromatic ring is 1. The number of imidazole rings is 1. The lowest BCUT2D eigenvalue weighted by molar-refractivity contribution is -0.137. The highest BCUT2D eigenvalue weighted by Gasteiger charge is 2.50. The third-order valence-corrected chi connectivity index (χ3v) is 10.4. The number of aliphatic hydroxyl groups excluding tert-OH is 2. The molecule has 0 aliphatic carbocycles. The van der Waals surface area contributed by atoms with Crippen LogP contribution >= 0.6 is 35.2 Å². The van der Waals surface area contributed by atoms with Gasteiger partial charge < -0.3 is 50.9 Å². The first-order valence-electron chi connectivity index (χ1n) is 14.1. The number of carbonyl (C=O) groups excluding carboxylic acids is 2. The van der Waals surface area contributed by atoms with Crippen LogP contribution in [0, 0.1) is 17.1 Å². The van der Waals surface area contributed by atoms with E-state index in [-0.39, 0.29) is 35.9 Å². The average Bonchev–Trinajstić information content (AvgIpc) is 3.57. The first-order valence-corrected chi connectivity index (χ1v) is 19.6. The Balaban J connectivity index is 1.57. The number of nitrogens with zero attached hydrogens (tertiary/aromatic N) is 4. The Hall–Kier alpha value is -2.55. The molecule has 23 nitrogen and oxygen atoms in total. The SMILES string of the molecule is C#CSCCNC(=O)CCNC(=O)[C@H](O)C(C)(C)COP(=O)(O)OP(=O)(O)OC[C@H]1O[C@@H](n2cnc3c(N)ncnc32)[C@H](O)[C@@H]1OP(=O)(O)O. The standard InChI is InChI=1S/C23H36N7O16P3S/c1-4-50-8-7-25-14(31)5-6-26-21(34)18(33)23(2,3)10-43-49(40,41)46-48(38,39)42-9-13-17(45-47(35,36)37)16(32)22(44-13)30-12-29-15-19(24)27-11-28-20(15)30/h1,11-13,16-18,22,32-33H,5-10H2,2-3H3,(H,25,31)(H,26,34)(H,38,39)(H,40,41)(H2,24,27,28)(H2,35,36,37)/t13-,16-,17-,18+,22-/m1/s1. The van der Waals surface area contributed by atoms with Crippen molar-refractivity contribution < 1.29 is 75.7 Å². The van der Waals surface area contributed by atoms with Gasteiger partial charge in [-0.25, -0.2) is 28.6 Å². The summed E-state index contributed by atoms with van der Waals surface area (Å²) in [5.41, 5.74) is 4.28. The average molecular weight is 792 g/mol. The fraction of sp³-hybridized carbons (Fsp3) is 0.609. The zero-order chi connectivity index (χ0) is 37.5. The Kier molecular flexibility index (Phi) is 14.5. The minimum Gasteiger partial charge on any atom is -0.386 e. The van der Waals surface area contributed by atoms with Gasteiger partial charge in [0.15, 0.2) is 17.7 Å². The minimum absolute atomic E-state index is 0.0349. The number of rotatable bonds is 19. The quantitative estimate of drug-likeness (QED) is 0.0455. The van der Waals surface area contributed by atoms with E-state index in [1.165, 1.54) is 25.6 Å². The van der Waals surface area contributed by atoms with Gasteiger partial charge in [0.25, 0.3) is 0 Å². The van der Waals surface area contributed by atoms with Crippen LogP contribution in [0.4, 0.5) is 5.82 Å². The summed E-state index contributed by atoms with van der Waals surface area (Å²) in [6.07, 6.45) is -1.70. The molecule has 280 valence electrons. The Morgan fingerprint density at radius 3 is 2.48 bits per heavy atom. The maximum atomic E-state index is 12.6. The molecule has 0 saturated carbocycles. The van der Waals surface area contributed by atoms with Crippen molar-refractivity contribution in [3.05, 3.63) is 12.7 Å². The summed E-state index contributed by atoms with van der Waals surface area (Å²) in [5, 5.41) is 28.5. The summed E-state index contributed by atoms with van der Waals surface area (Å²) >= 11 is 1.17. The van der Waals surface area contributed by atoms with Crippen LogP contribution in [0.1, 0.15) is 26.5 Å². The van der Waals surface area contributed by atoms with E-state index in [0.29, 0.717) is 12.3 Å². The lowest BCUT2D eigenvalue weighted by Crippen LogP contribution is -2.46. The molecule has 2 aromatic heterocycles. The molecular weight excluding hydrogens is 755 g/mol. The molecule has 1 aliphatic heterocycles. The van der Waals surface area contributed by atoms with Crippen LogP contribution in [0.5, 0.6) is 0 Å². The van der Waals surface area contributed by atoms with Crippen molar-refractivity contribution in [3.8, 4) is 11.7 Å². The first kappa shape index (κ1) is 41.9. The lowest BCUT2D eigenvalue weighted by atomic mass is 9.87. The summed E-state index contributed by atoms with van der Waals surface area (Å²) in [6.45, 7) is 0.676. The van der Waals surface area contributed by atoms with Gasteiger partial charge in [0.05, 0.1) is 19.5 Å². The predicted octanol–water partition coefficient (Wildman–Crippen LogP) is -1.27. The number of nitrogens with two attached hydrogens (primary N) is 1. The number of aliphatic hydroxyl groups is 2. The zero-order valence-electron chi connectivity index (χ0n) is 26.2. The van der Waals surface area contributed by atoms with Gasteiger partial charge in [0, 0.05) is 30.7 Å². The Morgan fingerprint density at radius 2 is 1.82 bits per heavy atom. The maximum Gasteiger partial charge on any atom is 0.481 e. The molecule has 50 heavy (non-hydrogen) atoms. The van der Waals surface area contributed by atoms with E-state index in [2.05, 4.69) is 39.7 Å². The maximum absolute atomic E-state index is 12.6.